The number of rotatable bonds is 9. The van der Waals surface area contributed by atoms with Crippen molar-refractivity contribution in [1.82, 2.24) is 14.1 Å². The molecule has 12 rings (SSSR count). The molecule has 5 nitrogen and oxygen atoms in total. The molecule has 1 fully saturated rings. The number of nitrogens with zero attached hydrogens (tertiary/aromatic N) is 4. The summed E-state index contributed by atoms with van der Waals surface area (Å²) >= 11 is 0. The third-order valence-electron chi connectivity index (χ3n) is 13.2. The average Bonchev–Trinajstić information content (AvgIpc) is 4.20. The number of hydrogen-bond acceptors (Lipinski definition) is 2. The van der Waals surface area contributed by atoms with Crippen LogP contribution in [0.2, 0.25) is 25.2 Å². The van der Waals surface area contributed by atoms with Crippen molar-refractivity contribution in [3.63, 3.8) is 0 Å². The predicted octanol–water partition coefficient (Wildman–Crippen LogP) is 15.2. The second-order valence-electron chi connectivity index (χ2n) is 17.9. The van der Waals surface area contributed by atoms with Crippen LogP contribution < -0.4 is 9.30 Å². The molecule has 8 aromatic carbocycles. The fourth-order valence-electron chi connectivity index (χ4n) is 9.68. The number of ether oxygens (including phenoxy) is 1. The first kappa shape index (κ1) is 33.4. The number of benzene rings is 8. The number of aromatic nitrogens is 4. The van der Waals surface area contributed by atoms with Crippen molar-refractivity contribution >= 4 is 40.9 Å². The molecule has 334 valence electrons. The van der Waals surface area contributed by atoms with Crippen molar-refractivity contribution in [3.8, 4) is 62.1 Å². The van der Waals surface area contributed by atoms with Gasteiger partial charge >= 0.3 is 0 Å². The van der Waals surface area contributed by atoms with Gasteiger partial charge in [0.05, 0.1) is 30.4 Å². The van der Waals surface area contributed by atoms with Gasteiger partial charge in [0.1, 0.15) is 5.82 Å². The molecule has 3 aromatic heterocycles. The van der Waals surface area contributed by atoms with E-state index in [2.05, 4.69) is 78.6 Å². The van der Waals surface area contributed by atoms with Crippen molar-refractivity contribution in [1.29, 1.82) is 0 Å². The maximum absolute atomic E-state index is 9.04. The first-order chi connectivity index (χ1) is 37.1. The van der Waals surface area contributed by atoms with E-state index in [1.165, 1.54) is 30.5 Å². The van der Waals surface area contributed by atoms with Crippen LogP contribution in [0, 0.1) is 18.5 Å². The fourth-order valence-corrected chi connectivity index (χ4v) is 12.2. The normalized spacial score (nSPS) is 15.8. The third kappa shape index (κ3) is 8.12. The molecule has 0 atom stereocenters. The summed E-state index contributed by atoms with van der Waals surface area (Å²) in [5.74, 6) is 2.16. The summed E-state index contributed by atoms with van der Waals surface area (Å²) in [6.07, 6.45) is 7.82. The Morgan fingerprint density at radius 1 is 0.632 bits per heavy atom. The molecular weight excluding hydrogens is 1030 g/mol. The first-order valence-corrected chi connectivity index (χ1v) is 26.0. The van der Waals surface area contributed by atoms with E-state index < -0.39 is 68.5 Å². The van der Waals surface area contributed by atoms with Crippen LogP contribution in [-0.2, 0) is 21.1 Å². The molecule has 1 aliphatic rings. The number of fused-ring (bicyclic) bond motifs is 4. The molecule has 11 aromatic rings. The molecule has 7 heteroatoms. The SMILES string of the molecule is [2H]c1c([2H])c([2H])c(-c2cccc(-c3c([2H])c([2H])c([2H])c([2H])c3[2H])c2-[n+]2[c-]n(-c3[c-]c(Oc4[c-]c5c(cc4)c4ccccc4n5-c4cc(-c5ccc(C6CC[Si](C)(C)CC6)cc5)ccn4)ccc3)c3ccccc32)c([2H])c1[2H].[Pt]. The van der Waals surface area contributed by atoms with Crippen LogP contribution in [-0.4, -0.2) is 22.2 Å². The van der Waals surface area contributed by atoms with Gasteiger partial charge in [-0.25, -0.2) is 4.98 Å². The van der Waals surface area contributed by atoms with E-state index in [-0.39, 0.29) is 49.0 Å². The topological polar surface area (TPSA) is 35.9 Å². The standard InChI is InChI=1S/C61H48N4OSi.Pt/c1-67(2)37-34-45(35-38-67)43-27-29-44(30-28-43)48-33-36-62-60(39-48)65-56-24-10-9-21-54(56)55-32-31-51(41-59(55)65)66-50-20-13-19-49(40-50)63-42-64(58-26-12-11-25-57(58)63)61-52(46-15-5-3-6-16-46)22-14-23-53(61)47-17-7-4-8-18-47;/h3-33,36,39,45H,34-35,37-38H2,1-2H3;/q-2;/i3D,4D,5D,6D,7D,8D,15D,16D,17D,18D;. The monoisotopic (exact) mass is 1090 g/mol. The molecule has 0 radical (unpaired) electrons. The van der Waals surface area contributed by atoms with Gasteiger partial charge in [0, 0.05) is 52.4 Å². The maximum Gasteiger partial charge on any atom is 0.268 e. The number of pyridine rings is 1. The molecule has 1 aliphatic heterocycles. The third-order valence-corrected chi connectivity index (χ3v) is 16.4. The van der Waals surface area contributed by atoms with E-state index in [0.29, 0.717) is 34.1 Å². The molecule has 4 heterocycles. The van der Waals surface area contributed by atoms with Crippen LogP contribution in [0.25, 0.3) is 83.4 Å². The second-order valence-corrected chi connectivity index (χ2v) is 23.2. The molecule has 0 saturated carbocycles. The predicted molar refractivity (Wildman–Crippen MR) is 275 cm³/mol. The van der Waals surface area contributed by atoms with Gasteiger partial charge in [-0.2, -0.15) is 18.2 Å². The Balaban J connectivity index is 0.00000645. The van der Waals surface area contributed by atoms with E-state index in [9.17, 15) is 0 Å². The summed E-state index contributed by atoms with van der Waals surface area (Å²) in [6, 6.07) is 47.4. The number of hydrogen-bond donors (Lipinski definition) is 0. The van der Waals surface area contributed by atoms with Crippen LogP contribution in [0.1, 0.15) is 38.0 Å². The van der Waals surface area contributed by atoms with Crippen LogP contribution >= 0.6 is 0 Å². The van der Waals surface area contributed by atoms with Crippen LogP contribution in [0.4, 0.5) is 0 Å². The van der Waals surface area contributed by atoms with Crippen molar-refractivity contribution in [2.45, 2.75) is 43.9 Å². The smallest absolute Gasteiger partial charge is 0.268 e. The van der Waals surface area contributed by atoms with Gasteiger partial charge in [0.15, 0.2) is 0 Å². The minimum absolute atomic E-state index is 0. The summed E-state index contributed by atoms with van der Waals surface area (Å²) in [5.41, 5.74) is 7.18. The fraction of sp³-hybridized carbons (Fsp3) is 0.115. The number of imidazole rings is 1. The minimum atomic E-state index is -1.05. The Bertz CT molecular complexity index is 4060. The van der Waals surface area contributed by atoms with E-state index in [4.69, 9.17) is 23.4 Å². The quantitative estimate of drug-likeness (QED) is 0.0820. The zero-order chi connectivity index (χ0) is 53.6. The Kier molecular flexibility index (Phi) is 8.92. The van der Waals surface area contributed by atoms with Gasteiger partial charge in [0.25, 0.3) is 6.33 Å². The molecule has 68 heavy (non-hydrogen) atoms. The van der Waals surface area contributed by atoms with Crippen molar-refractivity contribution in [2.75, 3.05) is 0 Å². The zero-order valence-electron chi connectivity index (χ0n) is 47.2. The largest absolute Gasteiger partial charge is 0.510 e. The molecule has 0 N–H and O–H groups in total. The van der Waals surface area contributed by atoms with E-state index in [1.54, 1.807) is 33.4 Å². The minimum Gasteiger partial charge on any atom is -0.510 e. The van der Waals surface area contributed by atoms with Gasteiger partial charge in [-0.3, -0.25) is 4.57 Å². The Labute approximate surface area is 427 Å². The average molecular weight is 1090 g/mol. The Hall–Kier alpha value is -7.11. The maximum atomic E-state index is 9.04. The zero-order valence-corrected chi connectivity index (χ0v) is 40.5. The molecule has 0 spiro atoms. The van der Waals surface area contributed by atoms with Gasteiger partial charge in [-0.1, -0.05) is 176 Å². The van der Waals surface area contributed by atoms with Crippen LogP contribution in [0.15, 0.2) is 200 Å². The van der Waals surface area contributed by atoms with Gasteiger partial charge in [-0.05, 0) is 87.0 Å². The first-order valence-electron chi connectivity index (χ1n) is 27.5. The van der Waals surface area contributed by atoms with E-state index in [0.717, 1.165) is 38.8 Å². The van der Waals surface area contributed by atoms with Crippen molar-refractivity contribution < 1.29 is 44.1 Å². The van der Waals surface area contributed by atoms with Crippen LogP contribution in [0.3, 0.4) is 0 Å². The molecule has 0 bridgehead atoms. The molecule has 1 saturated heterocycles. The summed E-state index contributed by atoms with van der Waals surface area (Å²) < 4.78 is 99.3. The Morgan fingerprint density at radius 2 is 1.29 bits per heavy atom. The van der Waals surface area contributed by atoms with Gasteiger partial charge in [-0.15, -0.1) is 29.7 Å². The Morgan fingerprint density at radius 3 is 2.03 bits per heavy atom. The van der Waals surface area contributed by atoms with E-state index in [1.807, 2.05) is 72.9 Å². The summed E-state index contributed by atoms with van der Waals surface area (Å²) in [4.78, 5) is 4.91. The molecule has 0 unspecified atom stereocenters. The van der Waals surface area contributed by atoms with Crippen LogP contribution in [0.5, 0.6) is 11.5 Å². The summed E-state index contributed by atoms with van der Waals surface area (Å²) in [5, 5.41) is 2.02. The molecular formula is C61H48N4OPtSi-2. The van der Waals surface area contributed by atoms with Crippen molar-refractivity contribution in [2.24, 2.45) is 0 Å². The van der Waals surface area contributed by atoms with Gasteiger partial charge in [0.2, 0.25) is 0 Å². The molecule has 0 aliphatic carbocycles. The second kappa shape index (κ2) is 18.2. The van der Waals surface area contributed by atoms with Crippen molar-refractivity contribution in [3.05, 3.63) is 224 Å². The number of para-hydroxylation sites is 4. The molecule has 0 amide bonds. The van der Waals surface area contributed by atoms with E-state index >= 15 is 0 Å². The summed E-state index contributed by atoms with van der Waals surface area (Å²) in [6.45, 7) is 5.02. The summed E-state index contributed by atoms with van der Waals surface area (Å²) in [7, 11) is -1.05. The van der Waals surface area contributed by atoms with Gasteiger partial charge < -0.3 is 13.9 Å².